The van der Waals surface area contributed by atoms with Gasteiger partial charge in [0.2, 0.25) is 5.78 Å². The van der Waals surface area contributed by atoms with Crippen molar-refractivity contribution in [2.24, 2.45) is 5.73 Å². The quantitative estimate of drug-likeness (QED) is 0.873. The first-order valence-electron chi connectivity index (χ1n) is 7.60. The molecule has 3 rings (SSSR count). The molecular formula is C20H19NO2. The lowest BCUT2D eigenvalue weighted by Crippen LogP contribution is -2.25. The third-order valence-corrected chi connectivity index (χ3v) is 4.20. The average Bonchev–Trinajstić information content (AvgIpc) is 2.53. The van der Waals surface area contributed by atoms with E-state index in [0.717, 1.165) is 5.56 Å². The molecule has 0 fully saturated rings. The normalized spacial score (nSPS) is 14.9. The fourth-order valence-electron chi connectivity index (χ4n) is 2.82. The Kier molecular flexibility index (Phi) is 3.44. The molecule has 3 nitrogen and oxygen atoms in total. The van der Waals surface area contributed by atoms with Crippen LogP contribution >= 0.6 is 0 Å². The summed E-state index contributed by atoms with van der Waals surface area (Å²) in [5.41, 5.74) is 8.99. The molecule has 0 saturated heterocycles. The maximum Gasteiger partial charge on any atom is 0.210 e. The molecule has 2 aromatic carbocycles. The van der Waals surface area contributed by atoms with Crippen LogP contribution in [0.5, 0.6) is 0 Å². The highest BCUT2D eigenvalue weighted by molar-refractivity contribution is 6.40. The highest BCUT2D eigenvalue weighted by atomic mass is 16.1. The van der Waals surface area contributed by atoms with E-state index in [0.29, 0.717) is 22.3 Å². The summed E-state index contributed by atoms with van der Waals surface area (Å²) < 4.78 is 0. The lowest BCUT2D eigenvalue weighted by Gasteiger charge is -2.21. The van der Waals surface area contributed by atoms with Crippen molar-refractivity contribution >= 4 is 17.1 Å². The highest BCUT2D eigenvalue weighted by Crippen LogP contribution is 2.31. The molecule has 2 aromatic rings. The molecule has 23 heavy (non-hydrogen) atoms. The van der Waals surface area contributed by atoms with Crippen LogP contribution in [0.2, 0.25) is 0 Å². The van der Waals surface area contributed by atoms with Crippen molar-refractivity contribution in [1.29, 1.82) is 0 Å². The molecule has 0 bridgehead atoms. The minimum atomic E-state index is -0.282. The summed E-state index contributed by atoms with van der Waals surface area (Å²) in [6.45, 7) is 6.38. The van der Waals surface area contributed by atoms with Crippen LogP contribution in [0.25, 0.3) is 5.57 Å². The van der Waals surface area contributed by atoms with E-state index in [1.54, 1.807) is 24.3 Å². The summed E-state index contributed by atoms with van der Waals surface area (Å²) >= 11 is 0. The summed E-state index contributed by atoms with van der Waals surface area (Å²) in [5.74, 6) is -0.476. The molecule has 0 aromatic heterocycles. The van der Waals surface area contributed by atoms with E-state index in [1.165, 1.54) is 0 Å². The SMILES string of the molecule is CC(C)(C)c1ccc(C2=C(N)C(=O)c3ccccc3C2=O)cc1. The monoisotopic (exact) mass is 305 g/mol. The Morgan fingerprint density at radius 3 is 1.83 bits per heavy atom. The van der Waals surface area contributed by atoms with Crippen LogP contribution in [-0.2, 0) is 5.41 Å². The molecule has 1 aliphatic rings. The fourth-order valence-corrected chi connectivity index (χ4v) is 2.82. The van der Waals surface area contributed by atoms with Crippen LogP contribution in [0, 0.1) is 0 Å². The Morgan fingerprint density at radius 1 is 0.783 bits per heavy atom. The average molecular weight is 305 g/mol. The number of Topliss-reactive ketones (excluding diaryl/α,β-unsaturated/α-hetero) is 2. The lowest BCUT2D eigenvalue weighted by molar-refractivity contribution is 0.0990. The van der Waals surface area contributed by atoms with E-state index in [-0.39, 0.29) is 22.7 Å². The summed E-state index contributed by atoms with van der Waals surface area (Å²) in [4.78, 5) is 25.2. The Morgan fingerprint density at radius 2 is 1.30 bits per heavy atom. The molecule has 0 spiro atoms. The van der Waals surface area contributed by atoms with E-state index in [1.807, 2.05) is 24.3 Å². The molecule has 0 saturated carbocycles. The van der Waals surface area contributed by atoms with Gasteiger partial charge in [0.1, 0.15) is 0 Å². The van der Waals surface area contributed by atoms with Crippen LogP contribution in [0.4, 0.5) is 0 Å². The fraction of sp³-hybridized carbons (Fsp3) is 0.200. The number of hydrogen-bond donors (Lipinski definition) is 1. The highest BCUT2D eigenvalue weighted by Gasteiger charge is 2.31. The maximum absolute atomic E-state index is 12.8. The molecule has 116 valence electrons. The first-order valence-corrected chi connectivity index (χ1v) is 7.60. The van der Waals surface area contributed by atoms with E-state index >= 15 is 0 Å². The molecule has 0 heterocycles. The molecule has 0 radical (unpaired) electrons. The van der Waals surface area contributed by atoms with Crippen molar-refractivity contribution in [3.8, 4) is 0 Å². The van der Waals surface area contributed by atoms with Crippen molar-refractivity contribution in [2.75, 3.05) is 0 Å². The molecule has 0 aliphatic heterocycles. The number of ketones is 2. The van der Waals surface area contributed by atoms with Crippen LogP contribution in [0.1, 0.15) is 52.6 Å². The van der Waals surface area contributed by atoms with Gasteiger partial charge in [0, 0.05) is 11.1 Å². The minimum absolute atomic E-state index is 0.0252. The lowest BCUT2D eigenvalue weighted by atomic mass is 9.82. The van der Waals surface area contributed by atoms with Gasteiger partial charge < -0.3 is 5.73 Å². The number of fused-ring (bicyclic) bond motifs is 1. The van der Waals surface area contributed by atoms with E-state index < -0.39 is 0 Å². The molecule has 2 N–H and O–H groups in total. The third-order valence-electron chi connectivity index (χ3n) is 4.20. The molecule has 3 heteroatoms. The molecule has 0 atom stereocenters. The largest absolute Gasteiger partial charge is 0.395 e. The predicted octanol–water partition coefficient (Wildman–Crippen LogP) is 3.73. The summed E-state index contributed by atoms with van der Waals surface area (Å²) in [6.07, 6.45) is 0. The smallest absolute Gasteiger partial charge is 0.210 e. The zero-order chi connectivity index (χ0) is 16.8. The number of rotatable bonds is 1. The number of carbonyl (C=O) groups excluding carboxylic acids is 2. The first kappa shape index (κ1) is 15.2. The second-order valence-corrected chi connectivity index (χ2v) is 6.82. The van der Waals surface area contributed by atoms with Gasteiger partial charge in [-0.2, -0.15) is 0 Å². The van der Waals surface area contributed by atoms with Crippen molar-refractivity contribution in [2.45, 2.75) is 26.2 Å². The number of carbonyl (C=O) groups is 2. The van der Waals surface area contributed by atoms with Crippen LogP contribution in [0.15, 0.2) is 54.2 Å². The van der Waals surface area contributed by atoms with Gasteiger partial charge in [0.15, 0.2) is 5.78 Å². The van der Waals surface area contributed by atoms with Crippen molar-refractivity contribution < 1.29 is 9.59 Å². The first-order chi connectivity index (χ1) is 10.8. The van der Waals surface area contributed by atoms with Gasteiger partial charge in [0.25, 0.3) is 0 Å². The molecule has 1 aliphatic carbocycles. The van der Waals surface area contributed by atoms with Gasteiger partial charge in [-0.05, 0) is 16.5 Å². The van der Waals surface area contributed by atoms with E-state index in [2.05, 4.69) is 20.8 Å². The number of nitrogens with two attached hydrogens (primary N) is 1. The van der Waals surface area contributed by atoms with Crippen LogP contribution in [-0.4, -0.2) is 11.6 Å². The predicted molar refractivity (Wildman–Crippen MR) is 91.4 cm³/mol. The number of allylic oxidation sites excluding steroid dienone is 2. The van der Waals surface area contributed by atoms with Gasteiger partial charge in [-0.1, -0.05) is 69.3 Å². The summed E-state index contributed by atoms with van der Waals surface area (Å²) in [6, 6.07) is 14.5. The topological polar surface area (TPSA) is 60.2 Å². The third kappa shape index (κ3) is 2.48. The Labute approximate surface area is 135 Å². The molecule has 0 unspecified atom stereocenters. The summed E-state index contributed by atoms with van der Waals surface area (Å²) in [5, 5.41) is 0. The Balaban J connectivity index is 2.11. The second-order valence-electron chi connectivity index (χ2n) is 6.82. The minimum Gasteiger partial charge on any atom is -0.395 e. The maximum atomic E-state index is 12.8. The van der Waals surface area contributed by atoms with E-state index in [4.69, 9.17) is 5.73 Å². The van der Waals surface area contributed by atoms with Crippen LogP contribution < -0.4 is 5.73 Å². The van der Waals surface area contributed by atoms with Crippen LogP contribution in [0.3, 0.4) is 0 Å². The van der Waals surface area contributed by atoms with Gasteiger partial charge in [-0.25, -0.2) is 0 Å². The Hall–Kier alpha value is -2.68. The van der Waals surface area contributed by atoms with Crippen molar-refractivity contribution in [1.82, 2.24) is 0 Å². The summed E-state index contributed by atoms with van der Waals surface area (Å²) in [7, 11) is 0. The van der Waals surface area contributed by atoms with Gasteiger partial charge in [-0.15, -0.1) is 0 Å². The van der Waals surface area contributed by atoms with Gasteiger partial charge >= 0.3 is 0 Å². The number of hydrogen-bond acceptors (Lipinski definition) is 3. The number of benzene rings is 2. The van der Waals surface area contributed by atoms with Crippen molar-refractivity contribution in [3.05, 3.63) is 76.5 Å². The van der Waals surface area contributed by atoms with E-state index in [9.17, 15) is 9.59 Å². The zero-order valence-corrected chi connectivity index (χ0v) is 13.5. The molecule has 0 amide bonds. The van der Waals surface area contributed by atoms with Gasteiger partial charge in [0.05, 0.1) is 11.3 Å². The van der Waals surface area contributed by atoms with Crippen molar-refractivity contribution in [3.63, 3.8) is 0 Å². The Bertz CT molecular complexity index is 837. The second kappa shape index (κ2) is 5.20. The zero-order valence-electron chi connectivity index (χ0n) is 13.5. The molecular weight excluding hydrogens is 286 g/mol. The standard InChI is InChI=1S/C20H19NO2/c1-20(2,3)13-10-8-12(9-11-13)16-17(21)19(23)15-7-5-4-6-14(15)18(16)22/h4-11H,21H2,1-3H3. The van der Waals surface area contributed by atoms with Gasteiger partial charge in [-0.3, -0.25) is 9.59 Å².